The van der Waals surface area contributed by atoms with Crippen LogP contribution in [0.15, 0.2) is 30.3 Å². The van der Waals surface area contributed by atoms with Crippen molar-refractivity contribution < 1.29 is 4.74 Å². The zero-order valence-electron chi connectivity index (χ0n) is 9.40. The minimum Gasteiger partial charge on any atom is -0.375 e. The van der Waals surface area contributed by atoms with E-state index in [4.69, 9.17) is 4.74 Å². The second kappa shape index (κ2) is 5.13. The second-order valence-electron chi connectivity index (χ2n) is 3.77. The lowest BCUT2D eigenvalue weighted by Gasteiger charge is -2.28. The molecule has 0 bridgehead atoms. The van der Waals surface area contributed by atoms with E-state index < -0.39 is 0 Å². The quantitative estimate of drug-likeness (QED) is 0.727. The Morgan fingerprint density at radius 2 is 1.71 bits per heavy atom. The molecule has 0 spiro atoms. The molecule has 2 heteroatoms. The summed E-state index contributed by atoms with van der Waals surface area (Å²) in [6, 6.07) is 10.7. The van der Waals surface area contributed by atoms with E-state index in [0.29, 0.717) is 6.04 Å². The van der Waals surface area contributed by atoms with Crippen LogP contribution in [0.2, 0.25) is 0 Å². The van der Waals surface area contributed by atoms with E-state index in [2.05, 4.69) is 38.1 Å². The van der Waals surface area contributed by atoms with Gasteiger partial charge in [0.25, 0.3) is 0 Å². The zero-order chi connectivity index (χ0) is 10.6. The summed E-state index contributed by atoms with van der Waals surface area (Å²) in [5.74, 6) is 0. The highest BCUT2D eigenvalue weighted by atomic mass is 16.5. The predicted octanol–water partition coefficient (Wildman–Crippen LogP) is 2.32. The summed E-state index contributed by atoms with van der Waals surface area (Å²) in [6.07, 6.45) is 0.145. The fraction of sp³-hybridized carbons (Fsp3) is 0.500. The summed E-state index contributed by atoms with van der Waals surface area (Å²) >= 11 is 0. The first-order valence-corrected chi connectivity index (χ1v) is 4.91. The fourth-order valence-corrected chi connectivity index (χ4v) is 1.53. The first-order valence-electron chi connectivity index (χ1n) is 4.91. The lowest BCUT2D eigenvalue weighted by atomic mass is 10.0. The maximum Gasteiger partial charge on any atom is 0.0973 e. The SMILES string of the molecule is CO[C@@H](c1ccccc1)[C@H](C)N(C)C. The van der Waals surface area contributed by atoms with Crippen molar-refractivity contribution in [1.82, 2.24) is 4.90 Å². The van der Waals surface area contributed by atoms with Crippen LogP contribution >= 0.6 is 0 Å². The van der Waals surface area contributed by atoms with Gasteiger partial charge in [0.2, 0.25) is 0 Å². The molecule has 0 aromatic heterocycles. The molecule has 0 saturated heterocycles. The summed E-state index contributed by atoms with van der Waals surface area (Å²) < 4.78 is 5.52. The molecule has 2 atom stereocenters. The average Bonchev–Trinajstić information content (AvgIpc) is 2.20. The van der Waals surface area contributed by atoms with Crippen molar-refractivity contribution in [3.05, 3.63) is 35.9 Å². The van der Waals surface area contributed by atoms with E-state index in [1.807, 2.05) is 18.2 Å². The van der Waals surface area contributed by atoms with Crippen molar-refractivity contribution in [2.75, 3.05) is 21.2 Å². The molecule has 1 aromatic carbocycles. The number of ether oxygens (including phenoxy) is 1. The summed E-state index contributed by atoms with van der Waals surface area (Å²) in [5.41, 5.74) is 1.23. The molecule has 0 aliphatic heterocycles. The normalized spacial score (nSPS) is 15.5. The molecule has 1 aromatic rings. The predicted molar refractivity (Wildman–Crippen MR) is 59.3 cm³/mol. The Morgan fingerprint density at radius 1 is 1.14 bits per heavy atom. The van der Waals surface area contributed by atoms with Crippen LogP contribution in [0.3, 0.4) is 0 Å². The molecule has 0 heterocycles. The van der Waals surface area contributed by atoms with Crippen LogP contribution in [0.1, 0.15) is 18.6 Å². The molecule has 0 unspecified atom stereocenters. The number of rotatable bonds is 4. The Hall–Kier alpha value is -0.860. The molecule has 0 aliphatic carbocycles. The lowest BCUT2D eigenvalue weighted by Crippen LogP contribution is -2.32. The number of hydrogen-bond acceptors (Lipinski definition) is 2. The molecule has 0 N–H and O–H groups in total. The first-order chi connectivity index (χ1) is 6.66. The van der Waals surface area contributed by atoms with Crippen LogP contribution in [-0.4, -0.2) is 32.1 Å². The van der Waals surface area contributed by atoms with E-state index >= 15 is 0 Å². The molecule has 0 amide bonds. The van der Waals surface area contributed by atoms with E-state index in [1.165, 1.54) is 5.56 Å². The standard InChI is InChI=1S/C12H19NO/c1-10(13(2)3)12(14-4)11-8-6-5-7-9-11/h5-10,12H,1-4H3/t10-,12+/m0/s1. The Bertz CT molecular complexity index is 258. The van der Waals surface area contributed by atoms with E-state index in [9.17, 15) is 0 Å². The zero-order valence-corrected chi connectivity index (χ0v) is 9.40. The van der Waals surface area contributed by atoms with Crippen molar-refractivity contribution in [2.45, 2.75) is 19.1 Å². The fourth-order valence-electron chi connectivity index (χ4n) is 1.53. The van der Waals surface area contributed by atoms with Crippen LogP contribution in [0.5, 0.6) is 0 Å². The summed E-state index contributed by atoms with van der Waals surface area (Å²) in [7, 11) is 5.90. The summed E-state index contributed by atoms with van der Waals surface area (Å²) in [4.78, 5) is 2.17. The minimum absolute atomic E-state index is 0.145. The summed E-state index contributed by atoms with van der Waals surface area (Å²) in [6.45, 7) is 2.17. The van der Waals surface area contributed by atoms with Gasteiger partial charge in [0.15, 0.2) is 0 Å². The van der Waals surface area contributed by atoms with Gasteiger partial charge in [-0.25, -0.2) is 0 Å². The van der Waals surface area contributed by atoms with Crippen molar-refractivity contribution in [1.29, 1.82) is 0 Å². The smallest absolute Gasteiger partial charge is 0.0973 e. The molecule has 2 nitrogen and oxygen atoms in total. The van der Waals surface area contributed by atoms with Gasteiger partial charge in [0, 0.05) is 13.2 Å². The Balaban J connectivity index is 2.82. The third-order valence-corrected chi connectivity index (χ3v) is 2.63. The molecule has 0 fully saturated rings. The van der Waals surface area contributed by atoms with Crippen molar-refractivity contribution in [2.24, 2.45) is 0 Å². The van der Waals surface area contributed by atoms with Gasteiger partial charge in [-0.05, 0) is 26.6 Å². The highest BCUT2D eigenvalue weighted by Crippen LogP contribution is 2.22. The molecular formula is C12H19NO. The van der Waals surface area contributed by atoms with Crippen LogP contribution in [0, 0.1) is 0 Å². The van der Waals surface area contributed by atoms with Gasteiger partial charge in [0.05, 0.1) is 6.10 Å². The van der Waals surface area contributed by atoms with Crippen LogP contribution in [0.4, 0.5) is 0 Å². The Kier molecular flexibility index (Phi) is 4.11. The average molecular weight is 193 g/mol. The molecule has 14 heavy (non-hydrogen) atoms. The maximum atomic E-state index is 5.52. The molecule has 0 saturated carbocycles. The lowest BCUT2D eigenvalue weighted by molar-refractivity contribution is 0.0388. The highest BCUT2D eigenvalue weighted by molar-refractivity contribution is 5.18. The number of methoxy groups -OCH3 is 1. The van der Waals surface area contributed by atoms with E-state index in [1.54, 1.807) is 7.11 Å². The van der Waals surface area contributed by atoms with Crippen molar-refractivity contribution >= 4 is 0 Å². The molecule has 78 valence electrons. The van der Waals surface area contributed by atoms with Gasteiger partial charge in [-0.3, -0.25) is 0 Å². The van der Waals surface area contributed by atoms with Gasteiger partial charge in [-0.2, -0.15) is 0 Å². The summed E-state index contributed by atoms with van der Waals surface area (Å²) in [5, 5.41) is 0. The van der Waals surface area contributed by atoms with Gasteiger partial charge in [-0.15, -0.1) is 0 Å². The van der Waals surface area contributed by atoms with E-state index in [-0.39, 0.29) is 6.10 Å². The third kappa shape index (κ3) is 2.56. The van der Waals surface area contributed by atoms with Crippen LogP contribution < -0.4 is 0 Å². The molecular weight excluding hydrogens is 174 g/mol. The first kappa shape index (κ1) is 11.2. The second-order valence-corrected chi connectivity index (χ2v) is 3.77. The third-order valence-electron chi connectivity index (χ3n) is 2.63. The van der Waals surface area contributed by atoms with Crippen molar-refractivity contribution in [3.8, 4) is 0 Å². The van der Waals surface area contributed by atoms with Gasteiger partial charge < -0.3 is 9.64 Å². The van der Waals surface area contributed by atoms with E-state index in [0.717, 1.165) is 0 Å². The monoisotopic (exact) mass is 193 g/mol. The van der Waals surface area contributed by atoms with Crippen LogP contribution in [0.25, 0.3) is 0 Å². The Labute approximate surface area is 86.5 Å². The van der Waals surface area contributed by atoms with Gasteiger partial charge >= 0.3 is 0 Å². The van der Waals surface area contributed by atoms with Gasteiger partial charge in [0.1, 0.15) is 0 Å². The number of benzene rings is 1. The molecule has 0 aliphatic rings. The number of hydrogen-bond donors (Lipinski definition) is 0. The Morgan fingerprint density at radius 3 is 2.14 bits per heavy atom. The number of nitrogens with zero attached hydrogens (tertiary/aromatic N) is 1. The molecule has 0 radical (unpaired) electrons. The maximum absolute atomic E-state index is 5.52. The van der Waals surface area contributed by atoms with Crippen LogP contribution in [-0.2, 0) is 4.74 Å². The molecule has 1 rings (SSSR count). The number of likely N-dealkylation sites (N-methyl/N-ethyl adjacent to an activating group) is 1. The van der Waals surface area contributed by atoms with Crippen molar-refractivity contribution in [3.63, 3.8) is 0 Å². The van der Waals surface area contributed by atoms with Gasteiger partial charge in [-0.1, -0.05) is 30.3 Å². The highest BCUT2D eigenvalue weighted by Gasteiger charge is 2.19. The topological polar surface area (TPSA) is 12.5 Å². The minimum atomic E-state index is 0.145. The largest absolute Gasteiger partial charge is 0.375 e.